The molecule has 0 bridgehead atoms. The van der Waals surface area contributed by atoms with Crippen LogP contribution >= 0.6 is 0 Å². The van der Waals surface area contributed by atoms with Crippen LogP contribution in [0.2, 0.25) is 0 Å². The molecule has 0 N–H and O–H groups in total. The van der Waals surface area contributed by atoms with Gasteiger partial charge in [-0.3, -0.25) is 4.57 Å². The molecular formula is C47H31N3. The zero-order valence-corrected chi connectivity index (χ0v) is 27.8. The average molecular weight is 638 g/mol. The molecule has 234 valence electrons. The Balaban J connectivity index is 1.29. The molecule has 3 nitrogen and oxygen atoms in total. The smallest absolute Gasteiger partial charge is 0.235 e. The molecule has 1 aliphatic rings. The van der Waals surface area contributed by atoms with Gasteiger partial charge >= 0.3 is 0 Å². The maximum Gasteiger partial charge on any atom is 0.235 e. The maximum atomic E-state index is 5.63. The Morgan fingerprint density at radius 2 is 1.10 bits per heavy atom. The number of nitrogens with zero attached hydrogens (tertiary/aromatic N) is 3. The van der Waals surface area contributed by atoms with Crippen molar-refractivity contribution >= 4 is 64.9 Å². The Hall–Kier alpha value is -6.32. The highest BCUT2D eigenvalue weighted by atomic mass is 15.2. The van der Waals surface area contributed by atoms with E-state index in [0.29, 0.717) is 5.95 Å². The molecule has 0 unspecified atom stereocenters. The Morgan fingerprint density at radius 3 is 1.94 bits per heavy atom. The average Bonchev–Trinajstić information content (AvgIpc) is 3.61. The topological polar surface area (TPSA) is 30.7 Å². The van der Waals surface area contributed by atoms with Gasteiger partial charge in [0.15, 0.2) is 0 Å². The van der Waals surface area contributed by atoms with Gasteiger partial charge in [-0.1, -0.05) is 147 Å². The number of hydrogen-bond acceptors (Lipinski definition) is 2. The molecule has 50 heavy (non-hydrogen) atoms. The zero-order chi connectivity index (χ0) is 33.1. The van der Waals surface area contributed by atoms with Gasteiger partial charge in [0.2, 0.25) is 5.95 Å². The minimum absolute atomic E-state index is 0.307. The first-order valence-corrected chi connectivity index (χ1v) is 17.3. The van der Waals surface area contributed by atoms with E-state index >= 15 is 0 Å². The molecular weight excluding hydrogens is 607 g/mol. The molecule has 0 amide bonds. The van der Waals surface area contributed by atoms with Crippen molar-refractivity contribution in [3.63, 3.8) is 0 Å². The lowest BCUT2D eigenvalue weighted by molar-refractivity contribution is 0.632. The lowest BCUT2D eigenvalue weighted by atomic mass is 9.85. The third kappa shape index (κ3) is 3.69. The standard InChI is InChI=1S/C47H31N3/c1-47(2)40-18-10-9-17-38(40)42-43(33-22-23-35-32(25-33)20-19-28-11-5-7-15-34(28)35)48-46(49-45(42)47)50-41-27-31-14-4-3-13-30(31)26-39(41)37-24-21-29-12-6-8-16-36(29)44(37)50/h3-27H,1-2H3. The van der Waals surface area contributed by atoms with E-state index in [0.717, 1.165) is 33.5 Å². The van der Waals surface area contributed by atoms with Crippen molar-refractivity contribution in [1.82, 2.24) is 14.5 Å². The summed E-state index contributed by atoms with van der Waals surface area (Å²) in [4.78, 5) is 11.2. The predicted octanol–water partition coefficient (Wildman–Crippen LogP) is 12.2. The van der Waals surface area contributed by atoms with Crippen molar-refractivity contribution in [3.8, 4) is 28.3 Å². The highest BCUT2D eigenvalue weighted by molar-refractivity contribution is 6.20. The van der Waals surface area contributed by atoms with E-state index in [4.69, 9.17) is 9.97 Å². The first-order chi connectivity index (χ1) is 24.5. The number of rotatable bonds is 2. The van der Waals surface area contributed by atoms with E-state index in [1.165, 1.54) is 65.0 Å². The van der Waals surface area contributed by atoms with E-state index in [-0.39, 0.29) is 5.41 Å². The van der Waals surface area contributed by atoms with Gasteiger partial charge in [-0.15, -0.1) is 0 Å². The Morgan fingerprint density at radius 1 is 0.480 bits per heavy atom. The highest BCUT2D eigenvalue weighted by Crippen LogP contribution is 2.51. The van der Waals surface area contributed by atoms with Gasteiger partial charge < -0.3 is 0 Å². The second-order valence-electron chi connectivity index (χ2n) is 14.2. The van der Waals surface area contributed by atoms with Crippen molar-refractivity contribution in [2.45, 2.75) is 19.3 Å². The first-order valence-electron chi connectivity index (χ1n) is 17.3. The van der Waals surface area contributed by atoms with Gasteiger partial charge in [-0.25, -0.2) is 9.97 Å². The summed E-state index contributed by atoms with van der Waals surface area (Å²) in [6.07, 6.45) is 0. The monoisotopic (exact) mass is 637 g/mol. The van der Waals surface area contributed by atoms with Gasteiger partial charge in [0, 0.05) is 32.7 Å². The lowest BCUT2D eigenvalue weighted by Crippen LogP contribution is -2.18. The molecule has 1 aliphatic carbocycles. The number of hydrogen-bond donors (Lipinski definition) is 0. The lowest BCUT2D eigenvalue weighted by Gasteiger charge is -2.21. The fourth-order valence-electron chi connectivity index (χ4n) is 8.67. The highest BCUT2D eigenvalue weighted by Gasteiger charge is 2.40. The van der Waals surface area contributed by atoms with Crippen molar-refractivity contribution < 1.29 is 0 Å². The second-order valence-corrected chi connectivity index (χ2v) is 14.2. The summed E-state index contributed by atoms with van der Waals surface area (Å²) in [5.41, 5.74) is 8.69. The molecule has 0 radical (unpaired) electrons. The van der Waals surface area contributed by atoms with Crippen LogP contribution in [0.15, 0.2) is 152 Å². The molecule has 2 heterocycles. The van der Waals surface area contributed by atoms with Crippen molar-refractivity contribution in [2.75, 3.05) is 0 Å². The minimum Gasteiger partial charge on any atom is -0.277 e. The molecule has 0 aliphatic heterocycles. The molecule has 8 aromatic carbocycles. The van der Waals surface area contributed by atoms with Crippen LogP contribution in [0.25, 0.3) is 93.2 Å². The largest absolute Gasteiger partial charge is 0.277 e. The van der Waals surface area contributed by atoms with Crippen LogP contribution in [0.5, 0.6) is 0 Å². The van der Waals surface area contributed by atoms with E-state index in [2.05, 4.69) is 170 Å². The normalized spacial score (nSPS) is 13.6. The second kappa shape index (κ2) is 9.87. The molecule has 0 saturated carbocycles. The van der Waals surface area contributed by atoms with Crippen LogP contribution in [0.1, 0.15) is 25.1 Å². The van der Waals surface area contributed by atoms with Crippen molar-refractivity contribution in [1.29, 1.82) is 0 Å². The van der Waals surface area contributed by atoms with Gasteiger partial charge in [-0.2, -0.15) is 0 Å². The Labute approximate surface area is 289 Å². The van der Waals surface area contributed by atoms with Crippen LogP contribution < -0.4 is 0 Å². The molecule has 3 heteroatoms. The fraction of sp³-hybridized carbons (Fsp3) is 0.0638. The van der Waals surface area contributed by atoms with Gasteiger partial charge in [0.1, 0.15) is 0 Å². The summed E-state index contributed by atoms with van der Waals surface area (Å²) in [5.74, 6) is 0.699. The van der Waals surface area contributed by atoms with E-state index < -0.39 is 0 Å². The summed E-state index contributed by atoms with van der Waals surface area (Å²) < 4.78 is 2.33. The summed E-state index contributed by atoms with van der Waals surface area (Å²) in [5, 5.41) is 12.2. The summed E-state index contributed by atoms with van der Waals surface area (Å²) in [6, 6.07) is 55.2. The Bertz CT molecular complexity index is 3070. The summed E-state index contributed by atoms with van der Waals surface area (Å²) in [6.45, 7) is 4.61. The molecule has 0 saturated heterocycles. The van der Waals surface area contributed by atoms with Gasteiger partial charge in [0.05, 0.1) is 22.4 Å². The van der Waals surface area contributed by atoms with Crippen LogP contribution in [0.4, 0.5) is 0 Å². The minimum atomic E-state index is -0.307. The van der Waals surface area contributed by atoms with Crippen LogP contribution in [0.3, 0.4) is 0 Å². The third-order valence-electron chi connectivity index (χ3n) is 11.1. The fourth-order valence-corrected chi connectivity index (χ4v) is 8.67. The molecule has 0 spiro atoms. The summed E-state index contributed by atoms with van der Waals surface area (Å²) >= 11 is 0. The number of benzene rings is 8. The Kier molecular flexibility index (Phi) is 5.45. The maximum absolute atomic E-state index is 5.63. The van der Waals surface area contributed by atoms with Crippen LogP contribution in [-0.2, 0) is 5.41 Å². The van der Waals surface area contributed by atoms with Gasteiger partial charge in [-0.05, 0) is 67.0 Å². The molecule has 2 aromatic heterocycles. The summed E-state index contributed by atoms with van der Waals surface area (Å²) in [7, 11) is 0. The molecule has 11 rings (SSSR count). The van der Waals surface area contributed by atoms with Crippen molar-refractivity contribution in [3.05, 3.63) is 163 Å². The van der Waals surface area contributed by atoms with E-state index in [9.17, 15) is 0 Å². The third-order valence-corrected chi connectivity index (χ3v) is 11.1. The molecule has 0 atom stereocenters. The van der Waals surface area contributed by atoms with Gasteiger partial charge in [0.25, 0.3) is 0 Å². The zero-order valence-electron chi connectivity index (χ0n) is 27.8. The van der Waals surface area contributed by atoms with E-state index in [1.807, 2.05) is 0 Å². The predicted molar refractivity (Wildman–Crippen MR) is 209 cm³/mol. The van der Waals surface area contributed by atoms with Crippen molar-refractivity contribution in [2.24, 2.45) is 0 Å². The number of fused-ring (bicyclic) bond motifs is 12. The molecule has 0 fully saturated rings. The first kappa shape index (κ1) is 27.6. The quantitative estimate of drug-likeness (QED) is 0.177. The SMILES string of the molecule is CC1(C)c2ccccc2-c2c(-c3ccc4c(ccc5ccccc54)c3)nc(-n3c4cc5ccccc5cc4c4ccc5ccccc5c43)nc21. The molecule has 10 aromatic rings. The van der Waals surface area contributed by atoms with E-state index in [1.54, 1.807) is 0 Å². The number of aromatic nitrogens is 3. The van der Waals surface area contributed by atoms with Crippen LogP contribution in [0, 0.1) is 0 Å². The van der Waals surface area contributed by atoms with Crippen LogP contribution in [-0.4, -0.2) is 14.5 Å².